The Labute approximate surface area is 184 Å². The molecule has 3 aromatic rings. The van der Waals surface area contributed by atoms with Gasteiger partial charge in [-0.05, 0) is 13.3 Å². The number of hydrogen-bond acceptors (Lipinski definition) is 8. The molecular weight excluding hydrogens is 440 g/mol. The minimum Gasteiger partial charge on any atom is -0.492 e. The maximum Gasteiger partial charge on any atom is 0.277 e. The fourth-order valence-electron chi connectivity index (χ4n) is 3.68. The van der Waals surface area contributed by atoms with Crippen molar-refractivity contribution in [3.05, 3.63) is 22.1 Å². The summed E-state index contributed by atoms with van der Waals surface area (Å²) in [5.41, 5.74) is 1.36. The van der Waals surface area contributed by atoms with E-state index in [0.29, 0.717) is 60.9 Å². The summed E-state index contributed by atoms with van der Waals surface area (Å²) in [6, 6.07) is 1.53. The predicted molar refractivity (Wildman–Crippen MR) is 119 cm³/mol. The standard InChI is InChI=1S/C19H26N6O4S2/c1-4-6-12-15-16(24(3)23-12)19(26)22-18(21-15)17-13(29-5-2)11-14(30-17)31(27,28)25-9-7-20-8-10-25/h11,20H,4-10H2,1-3H3,(H,21,22,26). The molecule has 1 saturated heterocycles. The molecule has 1 aliphatic rings. The van der Waals surface area contributed by atoms with Gasteiger partial charge < -0.3 is 15.0 Å². The van der Waals surface area contributed by atoms with Gasteiger partial charge in [-0.3, -0.25) is 9.48 Å². The molecule has 12 heteroatoms. The maximum absolute atomic E-state index is 13.2. The monoisotopic (exact) mass is 466 g/mol. The van der Waals surface area contributed by atoms with Gasteiger partial charge in [-0.25, -0.2) is 13.4 Å². The number of nitrogens with one attached hydrogen (secondary N) is 2. The fraction of sp³-hybridized carbons (Fsp3) is 0.526. The van der Waals surface area contributed by atoms with Gasteiger partial charge in [0.1, 0.15) is 20.4 Å². The Hall–Kier alpha value is -2.28. The van der Waals surface area contributed by atoms with E-state index in [1.54, 1.807) is 7.05 Å². The summed E-state index contributed by atoms with van der Waals surface area (Å²) >= 11 is 1.06. The number of nitrogens with zero attached hydrogens (tertiary/aromatic N) is 4. The van der Waals surface area contributed by atoms with Crippen molar-refractivity contribution < 1.29 is 13.2 Å². The van der Waals surface area contributed by atoms with Gasteiger partial charge in [0.05, 0.1) is 12.3 Å². The van der Waals surface area contributed by atoms with E-state index in [1.807, 2.05) is 13.8 Å². The summed E-state index contributed by atoms with van der Waals surface area (Å²) in [5.74, 6) is 0.683. The van der Waals surface area contributed by atoms with Crippen LogP contribution in [0.5, 0.6) is 5.75 Å². The quantitative estimate of drug-likeness (QED) is 0.539. The Morgan fingerprint density at radius 2 is 2.00 bits per heavy atom. The number of thiophene rings is 1. The van der Waals surface area contributed by atoms with Crippen LogP contribution in [-0.4, -0.2) is 65.3 Å². The topological polar surface area (TPSA) is 122 Å². The first kappa shape index (κ1) is 21.9. The SMILES string of the molecule is CCCc1nn(C)c2c(=O)[nH]c(-c3sc(S(=O)(=O)N4CCNCC4)cc3OCC)nc12. The fourth-order valence-corrected chi connectivity index (χ4v) is 6.62. The number of rotatable bonds is 7. The van der Waals surface area contributed by atoms with Gasteiger partial charge in [-0.2, -0.15) is 9.40 Å². The van der Waals surface area contributed by atoms with Crippen LogP contribution in [0.4, 0.5) is 0 Å². The molecule has 1 aliphatic heterocycles. The Morgan fingerprint density at radius 1 is 1.26 bits per heavy atom. The van der Waals surface area contributed by atoms with Crippen LogP contribution in [0.1, 0.15) is 26.0 Å². The van der Waals surface area contributed by atoms with Crippen LogP contribution >= 0.6 is 11.3 Å². The third kappa shape index (κ3) is 4.00. The summed E-state index contributed by atoms with van der Waals surface area (Å²) in [7, 11) is -1.94. The number of aromatic nitrogens is 4. The minimum absolute atomic E-state index is 0.176. The molecule has 31 heavy (non-hydrogen) atoms. The highest BCUT2D eigenvalue weighted by molar-refractivity contribution is 7.91. The lowest BCUT2D eigenvalue weighted by molar-refractivity contribution is 0.341. The van der Waals surface area contributed by atoms with E-state index in [2.05, 4.69) is 20.4 Å². The van der Waals surface area contributed by atoms with E-state index in [1.165, 1.54) is 15.1 Å². The molecule has 0 spiro atoms. The minimum atomic E-state index is -3.66. The van der Waals surface area contributed by atoms with Crippen molar-refractivity contribution in [3.63, 3.8) is 0 Å². The lowest BCUT2D eigenvalue weighted by Gasteiger charge is -2.25. The molecule has 0 amide bonds. The lowest BCUT2D eigenvalue weighted by Crippen LogP contribution is -2.46. The Bertz CT molecular complexity index is 1250. The van der Waals surface area contributed by atoms with Crippen LogP contribution in [0.15, 0.2) is 15.1 Å². The Morgan fingerprint density at radius 3 is 2.68 bits per heavy atom. The van der Waals surface area contributed by atoms with Gasteiger partial charge in [-0.15, -0.1) is 11.3 Å². The molecule has 0 saturated carbocycles. The highest BCUT2D eigenvalue weighted by Crippen LogP contribution is 2.40. The Balaban J connectivity index is 1.85. The van der Waals surface area contributed by atoms with Crippen LogP contribution < -0.4 is 15.6 Å². The summed E-state index contributed by atoms with van der Waals surface area (Å²) in [4.78, 5) is 20.8. The van der Waals surface area contributed by atoms with Gasteiger partial charge in [0.25, 0.3) is 15.6 Å². The first-order valence-electron chi connectivity index (χ1n) is 10.3. The first-order valence-corrected chi connectivity index (χ1v) is 12.6. The lowest BCUT2D eigenvalue weighted by atomic mass is 10.2. The van der Waals surface area contributed by atoms with E-state index in [0.717, 1.165) is 23.5 Å². The van der Waals surface area contributed by atoms with Crippen LogP contribution in [-0.2, 0) is 23.5 Å². The molecule has 10 nitrogen and oxygen atoms in total. The number of ether oxygens (including phenoxy) is 1. The second-order valence-corrected chi connectivity index (χ2v) is 10.5. The van der Waals surface area contributed by atoms with Crippen LogP contribution in [0.25, 0.3) is 21.7 Å². The smallest absolute Gasteiger partial charge is 0.277 e. The second kappa shape index (κ2) is 8.69. The molecule has 4 heterocycles. The Kier molecular flexibility index (Phi) is 6.15. The molecule has 0 aromatic carbocycles. The van der Waals surface area contributed by atoms with Crippen LogP contribution in [0.2, 0.25) is 0 Å². The van der Waals surface area contributed by atoms with Crippen molar-refractivity contribution in [2.24, 2.45) is 7.05 Å². The third-order valence-corrected chi connectivity index (χ3v) is 8.58. The van der Waals surface area contributed by atoms with Crippen molar-refractivity contribution in [3.8, 4) is 16.5 Å². The first-order chi connectivity index (χ1) is 14.9. The van der Waals surface area contributed by atoms with Gasteiger partial charge in [0.15, 0.2) is 11.3 Å². The predicted octanol–water partition coefficient (Wildman–Crippen LogP) is 1.33. The van der Waals surface area contributed by atoms with Crippen molar-refractivity contribution in [2.45, 2.75) is 30.9 Å². The molecule has 4 rings (SSSR count). The molecule has 0 radical (unpaired) electrons. The van der Waals surface area contributed by atoms with E-state index in [9.17, 15) is 13.2 Å². The van der Waals surface area contributed by atoms with E-state index >= 15 is 0 Å². The van der Waals surface area contributed by atoms with E-state index in [-0.39, 0.29) is 15.6 Å². The highest BCUT2D eigenvalue weighted by atomic mass is 32.2. The van der Waals surface area contributed by atoms with Gasteiger partial charge >= 0.3 is 0 Å². The van der Waals surface area contributed by atoms with Gasteiger partial charge in [0.2, 0.25) is 0 Å². The zero-order chi connectivity index (χ0) is 22.2. The number of piperazine rings is 1. The van der Waals surface area contributed by atoms with Crippen molar-refractivity contribution in [1.29, 1.82) is 0 Å². The summed E-state index contributed by atoms with van der Waals surface area (Å²) in [6.07, 6.45) is 1.56. The molecule has 168 valence electrons. The normalized spacial score (nSPS) is 15.6. The molecule has 0 aliphatic carbocycles. The van der Waals surface area contributed by atoms with Crippen molar-refractivity contribution >= 4 is 32.4 Å². The molecular formula is C19H26N6O4S2. The molecule has 2 N–H and O–H groups in total. The molecule has 0 unspecified atom stereocenters. The molecule has 3 aromatic heterocycles. The number of sulfonamides is 1. The molecule has 0 atom stereocenters. The van der Waals surface area contributed by atoms with Crippen LogP contribution in [0.3, 0.4) is 0 Å². The summed E-state index contributed by atoms with van der Waals surface area (Å²) < 4.78 is 35.2. The molecule has 0 bridgehead atoms. The highest BCUT2D eigenvalue weighted by Gasteiger charge is 2.30. The number of hydrogen-bond donors (Lipinski definition) is 2. The third-order valence-electron chi connectivity index (χ3n) is 5.11. The van der Waals surface area contributed by atoms with Gasteiger partial charge in [-0.1, -0.05) is 13.3 Å². The molecule has 1 fully saturated rings. The van der Waals surface area contributed by atoms with E-state index < -0.39 is 10.0 Å². The zero-order valence-electron chi connectivity index (χ0n) is 17.8. The maximum atomic E-state index is 13.2. The van der Waals surface area contributed by atoms with Crippen LogP contribution in [0, 0.1) is 0 Å². The largest absolute Gasteiger partial charge is 0.492 e. The number of aryl methyl sites for hydroxylation is 2. The number of fused-ring (bicyclic) bond motifs is 1. The van der Waals surface area contributed by atoms with E-state index in [4.69, 9.17) is 4.74 Å². The summed E-state index contributed by atoms with van der Waals surface area (Å²) in [6.45, 7) is 6.27. The second-order valence-electron chi connectivity index (χ2n) is 7.28. The van der Waals surface area contributed by atoms with Crippen molar-refractivity contribution in [1.82, 2.24) is 29.4 Å². The average molecular weight is 467 g/mol. The number of aromatic amines is 1. The average Bonchev–Trinajstić information content (AvgIpc) is 3.31. The van der Waals surface area contributed by atoms with Crippen molar-refractivity contribution in [2.75, 3.05) is 32.8 Å². The summed E-state index contributed by atoms with van der Waals surface area (Å²) in [5, 5.41) is 7.59. The van der Waals surface area contributed by atoms with Gasteiger partial charge in [0, 0.05) is 39.3 Å². The number of H-pyrrole nitrogens is 1. The zero-order valence-corrected chi connectivity index (χ0v) is 19.4.